The molecule has 0 bridgehead atoms. The van der Waals surface area contributed by atoms with Gasteiger partial charge in [0.15, 0.2) is 0 Å². The Morgan fingerprint density at radius 2 is 2.60 bits per heavy atom. The van der Waals surface area contributed by atoms with E-state index in [1.807, 2.05) is 12.1 Å². The molecule has 0 aromatic carbocycles. The van der Waals surface area contributed by atoms with Crippen LogP contribution in [-0.2, 0) is 0 Å². The predicted molar refractivity (Wildman–Crippen MR) is 22.2 cm³/mol. The summed E-state index contributed by atoms with van der Waals surface area (Å²) < 4.78 is 0. The van der Waals surface area contributed by atoms with Crippen molar-refractivity contribution in [1.29, 1.82) is 0 Å². The van der Waals surface area contributed by atoms with E-state index in [0.717, 1.165) is 0 Å². The van der Waals surface area contributed by atoms with Crippen LogP contribution in [0.1, 0.15) is 0 Å². The van der Waals surface area contributed by atoms with Gasteiger partial charge in [-0.05, 0) is 0 Å². The normalized spacial score (nSPS) is 8.00. The van der Waals surface area contributed by atoms with Gasteiger partial charge in [0.2, 0.25) is 0 Å². The van der Waals surface area contributed by atoms with Crippen LogP contribution in [-0.4, -0.2) is 14.5 Å². The molecule has 0 N–H and O–H groups in total. The second-order valence-electron chi connectivity index (χ2n) is 0.731. The predicted octanol–water partition coefficient (Wildman–Crippen LogP) is 0.544. The molecule has 25 valence electrons. The molecule has 1 heterocycles. The van der Waals surface area contributed by atoms with E-state index in [9.17, 15) is 0 Å². The standard InChI is InChI=1S/C4H3Se/c1-2-4-5-3-1/h1-3H. The molecular weight excluding hydrogens is 127 g/mol. The van der Waals surface area contributed by atoms with Crippen molar-refractivity contribution in [3.63, 3.8) is 0 Å². The molecule has 0 aliphatic carbocycles. The number of rotatable bonds is 0. The van der Waals surface area contributed by atoms with Gasteiger partial charge in [0.25, 0.3) is 0 Å². The average molecular weight is 130 g/mol. The van der Waals surface area contributed by atoms with Crippen molar-refractivity contribution in [2.24, 2.45) is 0 Å². The van der Waals surface area contributed by atoms with Gasteiger partial charge < -0.3 is 0 Å². The van der Waals surface area contributed by atoms with Crippen LogP contribution < -0.4 is 0 Å². The van der Waals surface area contributed by atoms with Crippen molar-refractivity contribution in [3.8, 4) is 0 Å². The molecule has 0 aliphatic rings. The van der Waals surface area contributed by atoms with Gasteiger partial charge in [-0.25, -0.2) is 0 Å². The fourth-order valence-corrected chi connectivity index (χ4v) is 1.02. The van der Waals surface area contributed by atoms with E-state index < -0.39 is 0 Å². The quantitative estimate of drug-likeness (QED) is 0.449. The average Bonchev–Trinajstić information content (AvgIpc) is 1.76. The fourth-order valence-electron chi connectivity index (χ4n) is 0.196. The zero-order valence-electron chi connectivity index (χ0n) is 2.64. The number of hydrogen-bond acceptors (Lipinski definition) is 0. The third-order valence-corrected chi connectivity index (χ3v) is 1.57. The zero-order chi connectivity index (χ0) is 3.54. The molecule has 1 radical (unpaired) electrons. The third kappa shape index (κ3) is 0.640. The molecule has 1 aromatic heterocycles. The molecule has 0 spiro atoms. The maximum absolute atomic E-state index is 3.05. The summed E-state index contributed by atoms with van der Waals surface area (Å²) in [6.45, 7) is 0. The molecule has 0 aliphatic heterocycles. The summed E-state index contributed by atoms with van der Waals surface area (Å²) >= 11 is 0.583. The van der Waals surface area contributed by atoms with Crippen LogP contribution in [0.4, 0.5) is 0 Å². The van der Waals surface area contributed by atoms with E-state index >= 15 is 0 Å². The van der Waals surface area contributed by atoms with Gasteiger partial charge in [-0.3, -0.25) is 0 Å². The third-order valence-electron chi connectivity index (χ3n) is 0.379. The molecule has 1 heteroatoms. The van der Waals surface area contributed by atoms with Gasteiger partial charge in [-0.15, -0.1) is 0 Å². The summed E-state index contributed by atoms with van der Waals surface area (Å²) in [5.41, 5.74) is 0. The van der Waals surface area contributed by atoms with Gasteiger partial charge in [0.1, 0.15) is 0 Å². The first-order valence-corrected chi connectivity index (χ1v) is 3.24. The Morgan fingerprint density at radius 3 is 2.80 bits per heavy atom. The Hall–Kier alpha value is -0.000519. The fraction of sp³-hybridized carbons (Fsp3) is 0. The molecule has 0 saturated carbocycles. The van der Waals surface area contributed by atoms with E-state index in [1.165, 1.54) is 0 Å². The van der Waals surface area contributed by atoms with Crippen LogP contribution >= 0.6 is 0 Å². The Labute approximate surface area is 37.2 Å². The van der Waals surface area contributed by atoms with E-state index in [4.69, 9.17) is 0 Å². The van der Waals surface area contributed by atoms with Crippen LogP contribution in [0.25, 0.3) is 0 Å². The molecule has 1 aromatic rings. The summed E-state index contributed by atoms with van der Waals surface area (Å²) in [5.74, 6) is 0. The van der Waals surface area contributed by atoms with E-state index in [2.05, 4.69) is 9.88 Å². The molecule has 0 unspecified atom stereocenters. The van der Waals surface area contributed by atoms with Crippen molar-refractivity contribution < 1.29 is 0 Å². The second-order valence-corrected chi connectivity index (χ2v) is 2.29. The van der Waals surface area contributed by atoms with Crippen LogP contribution in [0.3, 0.4) is 0 Å². The molecular formula is C4H3Se. The molecule has 0 fully saturated rings. The first-order valence-electron chi connectivity index (χ1n) is 1.40. The Morgan fingerprint density at radius 1 is 1.60 bits per heavy atom. The molecule has 0 saturated heterocycles. The SMILES string of the molecule is [c]1ccc[se]1. The molecule has 0 amide bonds. The van der Waals surface area contributed by atoms with E-state index in [1.54, 1.807) is 0 Å². The molecule has 5 heavy (non-hydrogen) atoms. The monoisotopic (exact) mass is 131 g/mol. The maximum atomic E-state index is 3.05. The minimum absolute atomic E-state index is 0.583. The zero-order valence-corrected chi connectivity index (χ0v) is 4.35. The number of hydrogen-bond donors (Lipinski definition) is 0. The van der Waals surface area contributed by atoms with Crippen molar-refractivity contribution in [1.82, 2.24) is 0 Å². The molecule has 1 rings (SSSR count). The van der Waals surface area contributed by atoms with Crippen LogP contribution in [0.5, 0.6) is 0 Å². The van der Waals surface area contributed by atoms with Gasteiger partial charge >= 0.3 is 36.5 Å². The first-order chi connectivity index (χ1) is 2.50. The Kier molecular flexibility index (Phi) is 0.921. The molecule has 0 nitrogen and oxygen atoms in total. The Balaban J connectivity index is 3.13. The van der Waals surface area contributed by atoms with E-state index in [-0.39, 0.29) is 0 Å². The summed E-state index contributed by atoms with van der Waals surface area (Å²) in [6, 6.07) is 3.99. The van der Waals surface area contributed by atoms with Crippen molar-refractivity contribution in [2.75, 3.05) is 0 Å². The van der Waals surface area contributed by atoms with Gasteiger partial charge in [0.05, 0.1) is 0 Å². The van der Waals surface area contributed by atoms with Crippen LogP contribution in [0.15, 0.2) is 17.1 Å². The summed E-state index contributed by atoms with van der Waals surface area (Å²) in [7, 11) is 0. The van der Waals surface area contributed by atoms with Crippen molar-refractivity contribution in [3.05, 3.63) is 22.0 Å². The van der Waals surface area contributed by atoms with Gasteiger partial charge in [-0.2, -0.15) is 0 Å². The summed E-state index contributed by atoms with van der Waals surface area (Å²) in [6.07, 6.45) is 0. The van der Waals surface area contributed by atoms with Crippen LogP contribution in [0.2, 0.25) is 0 Å². The van der Waals surface area contributed by atoms with Gasteiger partial charge in [-0.1, -0.05) is 0 Å². The Bertz CT molecular complexity index is 60.1. The summed E-state index contributed by atoms with van der Waals surface area (Å²) in [4.78, 5) is 5.18. The first kappa shape index (κ1) is 3.20. The van der Waals surface area contributed by atoms with Crippen molar-refractivity contribution in [2.45, 2.75) is 0 Å². The van der Waals surface area contributed by atoms with Gasteiger partial charge in [0, 0.05) is 0 Å². The summed E-state index contributed by atoms with van der Waals surface area (Å²) in [5, 5.41) is 0. The second kappa shape index (κ2) is 1.44. The van der Waals surface area contributed by atoms with Crippen molar-refractivity contribution >= 4 is 14.5 Å². The topological polar surface area (TPSA) is 0 Å². The van der Waals surface area contributed by atoms with Crippen LogP contribution in [0, 0.1) is 4.94 Å². The minimum atomic E-state index is 0.583. The molecule has 0 atom stereocenters. The van der Waals surface area contributed by atoms with E-state index in [0.29, 0.717) is 14.5 Å².